The molecular weight excluding hydrogens is 260 g/mol. The van der Waals surface area contributed by atoms with Crippen molar-refractivity contribution in [2.45, 2.75) is 13.3 Å². The van der Waals surface area contributed by atoms with E-state index in [1.807, 2.05) is 0 Å². The third kappa shape index (κ3) is 2.67. The first kappa shape index (κ1) is 16.9. The van der Waals surface area contributed by atoms with Gasteiger partial charge in [0.25, 0.3) is 5.41 Å². The quantitative estimate of drug-likeness (QED) is 0.396. The van der Waals surface area contributed by atoms with Gasteiger partial charge in [0, 0.05) is 0 Å². The second kappa shape index (κ2) is 6.72. The summed E-state index contributed by atoms with van der Waals surface area (Å²) in [6.45, 7) is 1.41. The SMILES string of the molecule is CCC(C(=O)O)C(C(=O)OC)(C(=O)OC)C(=O)OC. The molecule has 0 aliphatic heterocycles. The van der Waals surface area contributed by atoms with Crippen LogP contribution in [0.5, 0.6) is 0 Å². The fraction of sp³-hybridized carbons (Fsp3) is 0.636. The smallest absolute Gasteiger partial charge is 0.335 e. The predicted octanol–water partition coefficient (Wildman–Crippen LogP) is -0.397. The second-order valence-electron chi connectivity index (χ2n) is 3.58. The lowest BCUT2D eigenvalue weighted by Crippen LogP contribution is -2.55. The molecule has 0 aromatic rings. The Morgan fingerprint density at radius 3 is 1.42 bits per heavy atom. The Labute approximate surface area is 109 Å². The van der Waals surface area contributed by atoms with Crippen molar-refractivity contribution in [1.82, 2.24) is 0 Å². The van der Waals surface area contributed by atoms with Gasteiger partial charge in [-0.05, 0) is 6.42 Å². The molecule has 0 bridgehead atoms. The lowest BCUT2D eigenvalue weighted by molar-refractivity contribution is -0.190. The first-order valence-corrected chi connectivity index (χ1v) is 5.32. The molecule has 8 nitrogen and oxygen atoms in total. The maximum atomic E-state index is 11.9. The monoisotopic (exact) mass is 276 g/mol. The lowest BCUT2D eigenvalue weighted by Gasteiger charge is -2.29. The molecule has 0 saturated carbocycles. The van der Waals surface area contributed by atoms with E-state index in [9.17, 15) is 19.2 Å². The van der Waals surface area contributed by atoms with E-state index in [0.29, 0.717) is 0 Å². The van der Waals surface area contributed by atoms with Crippen LogP contribution in [0.2, 0.25) is 0 Å². The lowest BCUT2D eigenvalue weighted by atomic mass is 9.73. The van der Waals surface area contributed by atoms with E-state index < -0.39 is 35.2 Å². The minimum Gasteiger partial charge on any atom is -0.481 e. The van der Waals surface area contributed by atoms with E-state index in [1.165, 1.54) is 6.92 Å². The van der Waals surface area contributed by atoms with Gasteiger partial charge in [0.15, 0.2) is 0 Å². The molecule has 8 heteroatoms. The summed E-state index contributed by atoms with van der Waals surface area (Å²) >= 11 is 0. The molecule has 0 aromatic heterocycles. The molecule has 0 rings (SSSR count). The number of rotatable bonds is 6. The van der Waals surface area contributed by atoms with Crippen molar-refractivity contribution >= 4 is 23.9 Å². The van der Waals surface area contributed by atoms with Gasteiger partial charge in [-0.3, -0.25) is 19.2 Å². The molecule has 0 fully saturated rings. The predicted molar refractivity (Wildman–Crippen MR) is 59.9 cm³/mol. The maximum Gasteiger partial charge on any atom is 0.335 e. The van der Waals surface area contributed by atoms with E-state index in [4.69, 9.17) is 5.11 Å². The summed E-state index contributed by atoms with van der Waals surface area (Å²) in [5, 5.41) is 9.12. The van der Waals surface area contributed by atoms with Gasteiger partial charge in [0.05, 0.1) is 27.2 Å². The molecule has 1 unspecified atom stereocenters. The van der Waals surface area contributed by atoms with Crippen LogP contribution in [0.25, 0.3) is 0 Å². The number of hydrogen-bond donors (Lipinski definition) is 1. The normalized spacial score (nSPS) is 12.2. The molecule has 19 heavy (non-hydrogen) atoms. The highest BCUT2D eigenvalue weighted by molar-refractivity contribution is 6.20. The van der Waals surface area contributed by atoms with E-state index in [-0.39, 0.29) is 6.42 Å². The van der Waals surface area contributed by atoms with E-state index >= 15 is 0 Å². The zero-order valence-electron chi connectivity index (χ0n) is 11.1. The Bertz CT molecular complexity index is 345. The van der Waals surface area contributed by atoms with Gasteiger partial charge in [-0.1, -0.05) is 6.92 Å². The van der Waals surface area contributed by atoms with Gasteiger partial charge in [-0.2, -0.15) is 0 Å². The Morgan fingerprint density at radius 1 is 0.947 bits per heavy atom. The average Bonchev–Trinajstić information content (AvgIpc) is 2.41. The zero-order valence-corrected chi connectivity index (χ0v) is 11.1. The first-order valence-electron chi connectivity index (χ1n) is 5.32. The van der Waals surface area contributed by atoms with Gasteiger partial charge in [0.2, 0.25) is 0 Å². The zero-order chi connectivity index (χ0) is 15.2. The molecule has 0 aliphatic rings. The third-order valence-electron chi connectivity index (χ3n) is 2.75. The molecule has 108 valence electrons. The van der Waals surface area contributed by atoms with E-state index in [0.717, 1.165) is 21.3 Å². The summed E-state index contributed by atoms with van der Waals surface area (Å²) in [5.74, 6) is -7.16. The topological polar surface area (TPSA) is 116 Å². The molecule has 0 heterocycles. The Kier molecular flexibility index (Phi) is 5.97. The Hall–Kier alpha value is -2.12. The van der Waals surface area contributed by atoms with Crippen molar-refractivity contribution in [2.24, 2.45) is 11.3 Å². The van der Waals surface area contributed by atoms with Crippen molar-refractivity contribution in [3.8, 4) is 0 Å². The average molecular weight is 276 g/mol. The number of methoxy groups -OCH3 is 3. The molecule has 0 aromatic carbocycles. The molecule has 1 N–H and O–H groups in total. The Balaban J connectivity index is 6.18. The number of carbonyl (C=O) groups is 4. The molecule has 1 atom stereocenters. The van der Waals surface area contributed by atoms with Crippen molar-refractivity contribution < 1.29 is 38.5 Å². The largest absolute Gasteiger partial charge is 0.481 e. The first-order chi connectivity index (χ1) is 8.84. The van der Waals surface area contributed by atoms with Gasteiger partial charge in [0.1, 0.15) is 0 Å². The third-order valence-corrected chi connectivity index (χ3v) is 2.75. The van der Waals surface area contributed by atoms with Gasteiger partial charge >= 0.3 is 23.9 Å². The summed E-state index contributed by atoms with van der Waals surface area (Å²) in [5.41, 5.74) is -2.67. The maximum absolute atomic E-state index is 11.9. The summed E-state index contributed by atoms with van der Waals surface area (Å²) in [7, 11) is 2.78. The van der Waals surface area contributed by atoms with E-state index in [2.05, 4.69) is 14.2 Å². The minimum atomic E-state index is -2.67. The molecule has 0 amide bonds. The number of carboxylic acid groups (broad SMARTS) is 1. The second-order valence-corrected chi connectivity index (χ2v) is 3.58. The number of carboxylic acids is 1. The van der Waals surface area contributed by atoms with Crippen molar-refractivity contribution in [1.29, 1.82) is 0 Å². The van der Waals surface area contributed by atoms with Crippen molar-refractivity contribution in [3.63, 3.8) is 0 Å². The van der Waals surface area contributed by atoms with E-state index in [1.54, 1.807) is 0 Å². The van der Waals surface area contributed by atoms with Crippen LogP contribution in [0.15, 0.2) is 0 Å². The fourth-order valence-electron chi connectivity index (χ4n) is 1.83. The molecule has 0 saturated heterocycles. The number of aliphatic carboxylic acids is 1. The van der Waals surface area contributed by atoms with Crippen LogP contribution >= 0.6 is 0 Å². The van der Waals surface area contributed by atoms with Crippen molar-refractivity contribution in [3.05, 3.63) is 0 Å². The van der Waals surface area contributed by atoms with Crippen LogP contribution in [0.1, 0.15) is 13.3 Å². The number of esters is 3. The standard InChI is InChI=1S/C11H16O8/c1-5-6(7(12)13)11(8(14)17-2,9(15)18-3)10(16)19-4/h6H,5H2,1-4H3,(H,12,13). The number of hydrogen-bond acceptors (Lipinski definition) is 7. The number of ether oxygens (including phenoxy) is 3. The van der Waals surface area contributed by atoms with Crippen LogP contribution in [0, 0.1) is 11.3 Å². The van der Waals surface area contributed by atoms with Gasteiger partial charge < -0.3 is 19.3 Å². The summed E-state index contributed by atoms with van der Waals surface area (Å²) in [4.78, 5) is 46.8. The Morgan fingerprint density at radius 2 is 1.26 bits per heavy atom. The van der Waals surface area contributed by atoms with Crippen LogP contribution in [-0.4, -0.2) is 50.3 Å². The highest BCUT2D eigenvalue weighted by atomic mass is 16.6. The van der Waals surface area contributed by atoms with Crippen LogP contribution in [0.4, 0.5) is 0 Å². The molecule has 0 aliphatic carbocycles. The van der Waals surface area contributed by atoms with Crippen LogP contribution in [0.3, 0.4) is 0 Å². The highest BCUT2D eigenvalue weighted by Gasteiger charge is 2.64. The highest BCUT2D eigenvalue weighted by Crippen LogP contribution is 2.35. The van der Waals surface area contributed by atoms with Gasteiger partial charge in [-0.15, -0.1) is 0 Å². The fourth-order valence-corrected chi connectivity index (χ4v) is 1.83. The van der Waals surface area contributed by atoms with Crippen LogP contribution in [-0.2, 0) is 33.4 Å². The summed E-state index contributed by atoms with van der Waals surface area (Å²) < 4.78 is 13.2. The van der Waals surface area contributed by atoms with Crippen molar-refractivity contribution in [2.75, 3.05) is 21.3 Å². The molecular formula is C11H16O8. The molecule has 0 spiro atoms. The minimum absolute atomic E-state index is 0.172. The number of carbonyl (C=O) groups excluding carboxylic acids is 3. The summed E-state index contributed by atoms with van der Waals surface area (Å²) in [6, 6.07) is 0. The van der Waals surface area contributed by atoms with Crippen LogP contribution < -0.4 is 0 Å². The van der Waals surface area contributed by atoms with Gasteiger partial charge in [-0.25, -0.2) is 0 Å². The summed E-state index contributed by atoms with van der Waals surface area (Å²) in [6.07, 6.45) is -0.172. The molecule has 0 radical (unpaired) electrons.